The zero-order valence-electron chi connectivity index (χ0n) is 8.84. The van der Waals surface area contributed by atoms with E-state index < -0.39 is 0 Å². The van der Waals surface area contributed by atoms with Crippen LogP contribution in [0.5, 0.6) is 0 Å². The highest BCUT2D eigenvalue weighted by molar-refractivity contribution is 9.08. The van der Waals surface area contributed by atoms with Crippen molar-refractivity contribution in [2.45, 2.75) is 31.1 Å². The van der Waals surface area contributed by atoms with E-state index in [0.717, 1.165) is 30.6 Å². The first kappa shape index (κ1) is 10.9. The fourth-order valence-electron chi connectivity index (χ4n) is 2.25. The van der Waals surface area contributed by atoms with Crippen LogP contribution in [0.25, 0.3) is 0 Å². The second-order valence-electron chi connectivity index (χ2n) is 4.07. The Morgan fingerprint density at radius 1 is 1.53 bits per heavy atom. The monoisotopic (exact) mass is 271 g/mol. The van der Waals surface area contributed by atoms with E-state index in [1.165, 1.54) is 0 Å². The van der Waals surface area contributed by atoms with Gasteiger partial charge in [0.25, 0.3) is 0 Å². The summed E-state index contributed by atoms with van der Waals surface area (Å²) in [4.78, 5) is 2.19. The minimum Gasteiger partial charge on any atom is -0.366 e. The average molecular weight is 272 g/mol. The van der Waals surface area contributed by atoms with E-state index in [4.69, 9.17) is 0 Å². The molecule has 82 valence electrons. The fourth-order valence-corrected chi connectivity index (χ4v) is 2.71. The molecule has 3 heteroatoms. The molecule has 1 fully saturated rings. The first-order chi connectivity index (χ1) is 7.24. The molecular formula is C12H15BrFN. The summed E-state index contributed by atoms with van der Waals surface area (Å²) < 4.78 is 13.8. The van der Waals surface area contributed by atoms with Crippen molar-refractivity contribution in [3.63, 3.8) is 0 Å². The molecule has 1 aliphatic rings. The number of hydrogen-bond acceptors (Lipinski definition) is 1. The van der Waals surface area contributed by atoms with Crippen LogP contribution in [-0.2, 0) is 5.33 Å². The van der Waals surface area contributed by atoms with E-state index in [-0.39, 0.29) is 5.82 Å². The van der Waals surface area contributed by atoms with Gasteiger partial charge in [-0.1, -0.05) is 28.1 Å². The van der Waals surface area contributed by atoms with E-state index >= 15 is 0 Å². The van der Waals surface area contributed by atoms with Crippen molar-refractivity contribution >= 4 is 21.6 Å². The molecule has 0 spiro atoms. The molecule has 0 amide bonds. The van der Waals surface area contributed by atoms with Gasteiger partial charge in [0.15, 0.2) is 0 Å². The summed E-state index contributed by atoms with van der Waals surface area (Å²) in [5.74, 6) is -0.0966. The molecular weight excluding hydrogens is 257 g/mol. The molecule has 1 atom stereocenters. The highest BCUT2D eigenvalue weighted by Crippen LogP contribution is 2.32. The number of nitrogens with zero attached hydrogens (tertiary/aromatic N) is 1. The summed E-state index contributed by atoms with van der Waals surface area (Å²) in [5, 5.41) is 0.712. The predicted molar refractivity (Wildman–Crippen MR) is 65.1 cm³/mol. The molecule has 0 saturated carbocycles. The highest BCUT2D eigenvalue weighted by Gasteiger charge is 2.24. The van der Waals surface area contributed by atoms with Crippen LogP contribution in [0.4, 0.5) is 10.1 Å². The zero-order valence-corrected chi connectivity index (χ0v) is 10.4. The molecule has 1 saturated heterocycles. The molecule has 2 rings (SSSR count). The number of rotatable bonds is 2. The Morgan fingerprint density at radius 3 is 2.93 bits per heavy atom. The third-order valence-electron chi connectivity index (χ3n) is 3.05. The minimum atomic E-state index is -0.0966. The van der Waals surface area contributed by atoms with Crippen LogP contribution >= 0.6 is 15.9 Å². The van der Waals surface area contributed by atoms with Gasteiger partial charge in [0.05, 0.1) is 5.69 Å². The lowest BCUT2D eigenvalue weighted by Crippen LogP contribution is -2.28. The van der Waals surface area contributed by atoms with Crippen molar-refractivity contribution < 1.29 is 4.39 Å². The van der Waals surface area contributed by atoms with Crippen molar-refractivity contribution in [3.05, 3.63) is 29.6 Å². The van der Waals surface area contributed by atoms with E-state index in [2.05, 4.69) is 27.8 Å². The van der Waals surface area contributed by atoms with Gasteiger partial charge >= 0.3 is 0 Å². The van der Waals surface area contributed by atoms with E-state index in [9.17, 15) is 4.39 Å². The molecule has 0 bridgehead atoms. The number of halogens is 2. The Bertz CT molecular complexity index is 353. The summed E-state index contributed by atoms with van der Waals surface area (Å²) in [6, 6.07) is 5.76. The molecule has 1 aromatic carbocycles. The third kappa shape index (κ3) is 2.03. The highest BCUT2D eigenvalue weighted by atomic mass is 79.9. The molecule has 15 heavy (non-hydrogen) atoms. The van der Waals surface area contributed by atoms with Crippen LogP contribution in [0.3, 0.4) is 0 Å². The summed E-state index contributed by atoms with van der Waals surface area (Å²) >= 11 is 3.42. The van der Waals surface area contributed by atoms with Gasteiger partial charge in [0.1, 0.15) is 5.82 Å². The van der Waals surface area contributed by atoms with Gasteiger partial charge in [-0.2, -0.15) is 0 Å². The Morgan fingerprint density at radius 2 is 2.33 bits per heavy atom. The Balaban J connectivity index is 2.41. The Kier molecular flexibility index (Phi) is 3.29. The lowest BCUT2D eigenvalue weighted by atomic mass is 10.1. The summed E-state index contributed by atoms with van der Waals surface area (Å²) in [6.07, 6.45) is 2.33. The number of para-hydroxylation sites is 1. The molecule has 0 aromatic heterocycles. The number of alkyl halides is 1. The van der Waals surface area contributed by atoms with Crippen LogP contribution in [-0.4, -0.2) is 12.6 Å². The summed E-state index contributed by atoms with van der Waals surface area (Å²) in [5.41, 5.74) is 1.84. The summed E-state index contributed by atoms with van der Waals surface area (Å²) in [6.45, 7) is 3.14. The van der Waals surface area contributed by atoms with Crippen LogP contribution in [0, 0.1) is 5.82 Å². The van der Waals surface area contributed by atoms with Crippen molar-refractivity contribution in [2.24, 2.45) is 0 Å². The van der Waals surface area contributed by atoms with Gasteiger partial charge in [-0.05, 0) is 31.4 Å². The molecule has 1 nitrogen and oxygen atoms in total. The maximum atomic E-state index is 13.8. The van der Waals surface area contributed by atoms with Crippen LogP contribution in [0.1, 0.15) is 25.3 Å². The van der Waals surface area contributed by atoms with Gasteiger partial charge < -0.3 is 4.90 Å². The fraction of sp³-hybridized carbons (Fsp3) is 0.500. The number of anilines is 1. The number of hydrogen-bond donors (Lipinski definition) is 0. The maximum absolute atomic E-state index is 13.8. The molecule has 0 aliphatic carbocycles. The molecule has 1 heterocycles. The SMILES string of the molecule is CC1CCCN1c1c(F)cccc1CBr. The third-order valence-corrected chi connectivity index (χ3v) is 3.66. The zero-order chi connectivity index (χ0) is 10.8. The normalized spacial score (nSPS) is 21.0. The van der Waals surface area contributed by atoms with Gasteiger partial charge in [-0.25, -0.2) is 4.39 Å². The van der Waals surface area contributed by atoms with E-state index in [1.54, 1.807) is 12.1 Å². The van der Waals surface area contributed by atoms with Crippen molar-refractivity contribution in [1.29, 1.82) is 0 Å². The summed E-state index contributed by atoms with van der Waals surface area (Å²) in [7, 11) is 0. The number of benzene rings is 1. The maximum Gasteiger partial charge on any atom is 0.146 e. The molecule has 1 aromatic rings. The van der Waals surface area contributed by atoms with Crippen molar-refractivity contribution in [3.8, 4) is 0 Å². The molecule has 1 aliphatic heterocycles. The molecule has 0 N–H and O–H groups in total. The second-order valence-corrected chi connectivity index (χ2v) is 4.63. The molecule has 1 unspecified atom stereocenters. The van der Waals surface area contributed by atoms with Gasteiger partial charge in [0.2, 0.25) is 0 Å². The molecule has 0 radical (unpaired) electrons. The first-order valence-electron chi connectivity index (χ1n) is 5.34. The second kappa shape index (κ2) is 4.52. The van der Waals surface area contributed by atoms with E-state index in [1.807, 2.05) is 6.07 Å². The standard InChI is InChI=1S/C12H15BrFN/c1-9-4-3-7-15(9)12-10(8-13)5-2-6-11(12)14/h2,5-6,9H,3-4,7-8H2,1H3. The van der Waals surface area contributed by atoms with Gasteiger partial charge in [-0.15, -0.1) is 0 Å². The van der Waals surface area contributed by atoms with Crippen molar-refractivity contribution in [1.82, 2.24) is 0 Å². The topological polar surface area (TPSA) is 3.24 Å². The quantitative estimate of drug-likeness (QED) is 0.742. The first-order valence-corrected chi connectivity index (χ1v) is 6.46. The Hall–Kier alpha value is -0.570. The van der Waals surface area contributed by atoms with Crippen LogP contribution in [0.15, 0.2) is 18.2 Å². The van der Waals surface area contributed by atoms with Crippen molar-refractivity contribution in [2.75, 3.05) is 11.4 Å². The largest absolute Gasteiger partial charge is 0.366 e. The van der Waals surface area contributed by atoms with Crippen LogP contribution < -0.4 is 4.90 Å². The minimum absolute atomic E-state index is 0.0966. The predicted octanol–water partition coefficient (Wildman–Crippen LogP) is 3.71. The van der Waals surface area contributed by atoms with Gasteiger partial charge in [-0.3, -0.25) is 0 Å². The van der Waals surface area contributed by atoms with Gasteiger partial charge in [0, 0.05) is 17.9 Å². The van der Waals surface area contributed by atoms with E-state index in [0.29, 0.717) is 11.4 Å². The average Bonchev–Trinajstić information content (AvgIpc) is 2.64. The lowest BCUT2D eigenvalue weighted by molar-refractivity contribution is 0.612. The smallest absolute Gasteiger partial charge is 0.146 e. The van der Waals surface area contributed by atoms with Crippen LogP contribution in [0.2, 0.25) is 0 Å². The lowest BCUT2D eigenvalue weighted by Gasteiger charge is -2.26. The Labute approximate surface area is 98.4 Å².